The molecular weight excluding hydrogens is 404 g/mol. The Balaban J connectivity index is 1.47. The van der Waals surface area contributed by atoms with Crippen molar-refractivity contribution in [2.45, 2.75) is 44.9 Å². The topological polar surface area (TPSA) is 71.5 Å². The molecule has 31 heavy (non-hydrogen) atoms. The van der Waals surface area contributed by atoms with Crippen LogP contribution in [-0.4, -0.2) is 55.5 Å². The van der Waals surface area contributed by atoms with Crippen molar-refractivity contribution < 1.29 is 18.3 Å². The van der Waals surface area contributed by atoms with Gasteiger partial charge in [-0.1, -0.05) is 0 Å². The summed E-state index contributed by atoms with van der Waals surface area (Å²) in [6, 6.07) is 3.50. The van der Waals surface area contributed by atoms with Crippen LogP contribution in [0.5, 0.6) is 5.75 Å². The molecule has 2 aliphatic heterocycles. The average molecular weight is 434 g/mol. The molecule has 1 aromatic carbocycles. The Bertz CT molecular complexity index is 906. The maximum Gasteiger partial charge on any atom is 0.172 e. The van der Waals surface area contributed by atoms with E-state index in [9.17, 15) is 8.78 Å². The van der Waals surface area contributed by atoms with Gasteiger partial charge >= 0.3 is 0 Å². The second-order valence-electron chi connectivity index (χ2n) is 8.10. The maximum absolute atomic E-state index is 13.9. The van der Waals surface area contributed by atoms with Crippen molar-refractivity contribution in [2.75, 3.05) is 43.6 Å². The van der Waals surface area contributed by atoms with E-state index in [0.717, 1.165) is 48.6 Å². The number of methoxy groups -OCH3 is 1. The number of fused-ring (bicyclic) bond motifs is 1. The van der Waals surface area contributed by atoms with Gasteiger partial charge in [0.1, 0.15) is 11.9 Å². The first kappa shape index (κ1) is 21.7. The van der Waals surface area contributed by atoms with E-state index in [2.05, 4.69) is 15.5 Å². The number of hydrogen-bond acceptors (Lipinski definition) is 7. The number of hydrogen-bond donors (Lipinski definition) is 2. The third-order valence-corrected chi connectivity index (χ3v) is 5.59. The predicted molar refractivity (Wildman–Crippen MR) is 115 cm³/mol. The molecule has 2 aromatic rings. The Hall–Kier alpha value is -2.52. The standard InChI is InChI=1S/C22H29F2N5O2/c1-14(13-30-2)26-21-22(28-18-5-8-25-12-19(18)27-21)29-9-6-16(7-10-29)31-20-4-3-15(23)11-17(20)24/h3-4,11,14,16,25H,5-10,12-13H2,1-2H3,(H,26,27)/t14-/m1/s1. The third-order valence-electron chi connectivity index (χ3n) is 5.59. The molecule has 2 N–H and O–H groups in total. The van der Waals surface area contributed by atoms with Crippen LogP contribution in [0.2, 0.25) is 0 Å². The molecule has 4 rings (SSSR count). The molecule has 9 heteroatoms. The van der Waals surface area contributed by atoms with Gasteiger partial charge in [-0.2, -0.15) is 0 Å². The zero-order chi connectivity index (χ0) is 21.8. The van der Waals surface area contributed by atoms with Crippen molar-refractivity contribution in [1.82, 2.24) is 15.3 Å². The Labute approximate surface area is 181 Å². The molecule has 1 saturated heterocycles. The van der Waals surface area contributed by atoms with Crippen molar-refractivity contribution in [2.24, 2.45) is 0 Å². The fourth-order valence-corrected chi connectivity index (χ4v) is 4.03. The molecule has 0 aliphatic carbocycles. The molecule has 168 valence electrons. The quantitative estimate of drug-likeness (QED) is 0.696. The van der Waals surface area contributed by atoms with Gasteiger partial charge < -0.3 is 25.0 Å². The maximum atomic E-state index is 13.9. The molecule has 1 aromatic heterocycles. The van der Waals surface area contributed by atoms with Crippen molar-refractivity contribution in [1.29, 1.82) is 0 Å². The number of anilines is 2. The summed E-state index contributed by atoms with van der Waals surface area (Å²) in [7, 11) is 1.68. The summed E-state index contributed by atoms with van der Waals surface area (Å²) in [4.78, 5) is 12.0. The first-order valence-electron chi connectivity index (χ1n) is 10.8. The number of nitrogens with zero attached hydrogens (tertiary/aromatic N) is 3. The molecule has 0 spiro atoms. The molecule has 0 bridgehead atoms. The number of rotatable bonds is 7. The highest BCUT2D eigenvalue weighted by Gasteiger charge is 2.27. The number of piperidine rings is 1. The van der Waals surface area contributed by atoms with E-state index in [1.165, 1.54) is 12.1 Å². The lowest BCUT2D eigenvalue weighted by Gasteiger charge is -2.34. The highest BCUT2D eigenvalue weighted by molar-refractivity contribution is 5.62. The molecule has 0 saturated carbocycles. The Morgan fingerprint density at radius 3 is 2.77 bits per heavy atom. The first-order chi connectivity index (χ1) is 15.0. The fraction of sp³-hybridized carbons (Fsp3) is 0.545. The molecular formula is C22H29F2N5O2. The van der Waals surface area contributed by atoms with Crippen molar-refractivity contribution in [3.05, 3.63) is 41.2 Å². The number of ether oxygens (including phenoxy) is 2. The summed E-state index contributed by atoms with van der Waals surface area (Å²) in [6.45, 7) is 5.65. The minimum absolute atomic E-state index is 0.0926. The van der Waals surface area contributed by atoms with Crippen molar-refractivity contribution in [3.63, 3.8) is 0 Å². The molecule has 0 unspecified atom stereocenters. The monoisotopic (exact) mass is 433 g/mol. The number of nitrogens with one attached hydrogen (secondary N) is 2. The highest BCUT2D eigenvalue weighted by Crippen LogP contribution is 2.29. The predicted octanol–water partition coefficient (Wildman–Crippen LogP) is 2.90. The zero-order valence-electron chi connectivity index (χ0n) is 18.0. The first-order valence-corrected chi connectivity index (χ1v) is 10.8. The van der Waals surface area contributed by atoms with E-state index in [4.69, 9.17) is 19.4 Å². The second-order valence-corrected chi connectivity index (χ2v) is 8.10. The van der Waals surface area contributed by atoms with Crippen LogP contribution in [0, 0.1) is 11.6 Å². The van der Waals surface area contributed by atoms with E-state index in [-0.39, 0.29) is 17.9 Å². The molecule has 1 atom stereocenters. The minimum atomic E-state index is -0.671. The number of aromatic nitrogens is 2. The minimum Gasteiger partial charge on any atom is -0.487 e. The van der Waals surface area contributed by atoms with E-state index in [1.54, 1.807) is 7.11 Å². The molecule has 2 aliphatic rings. The van der Waals surface area contributed by atoms with Gasteiger partial charge in [0.15, 0.2) is 23.2 Å². The van der Waals surface area contributed by atoms with Crippen molar-refractivity contribution in [3.8, 4) is 5.75 Å². The van der Waals surface area contributed by atoms with Crippen LogP contribution in [0.3, 0.4) is 0 Å². The van der Waals surface area contributed by atoms with Crippen LogP contribution in [0.15, 0.2) is 18.2 Å². The summed E-state index contributed by atoms with van der Waals surface area (Å²) in [6.07, 6.45) is 2.15. The summed E-state index contributed by atoms with van der Waals surface area (Å²) >= 11 is 0. The van der Waals surface area contributed by atoms with Crippen LogP contribution < -0.4 is 20.3 Å². The van der Waals surface area contributed by atoms with Gasteiger partial charge in [0.25, 0.3) is 0 Å². The lowest BCUT2D eigenvalue weighted by Crippen LogP contribution is -2.40. The van der Waals surface area contributed by atoms with E-state index >= 15 is 0 Å². The van der Waals surface area contributed by atoms with Crippen LogP contribution in [0.4, 0.5) is 20.4 Å². The van der Waals surface area contributed by atoms with E-state index < -0.39 is 11.6 Å². The van der Waals surface area contributed by atoms with Gasteiger partial charge in [0, 0.05) is 64.7 Å². The Kier molecular flexibility index (Phi) is 6.82. The average Bonchev–Trinajstić information content (AvgIpc) is 2.76. The smallest absolute Gasteiger partial charge is 0.172 e. The summed E-state index contributed by atoms with van der Waals surface area (Å²) in [5.74, 6) is 0.418. The van der Waals surface area contributed by atoms with Gasteiger partial charge in [-0.15, -0.1) is 0 Å². The third kappa shape index (κ3) is 5.22. The van der Waals surface area contributed by atoms with Crippen LogP contribution in [-0.2, 0) is 17.7 Å². The molecule has 0 radical (unpaired) electrons. The van der Waals surface area contributed by atoms with Gasteiger partial charge in [-0.05, 0) is 19.1 Å². The Morgan fingerprint density at radius 2 is 2.03 bits per heavy atom. The summed E-state index contributed by atoms with van der Waals surface area (Å²) < 4.78 is 38.1. The molecule has 0 amide bonds. The zero-order valence-corrected chi connectivity index (χ0v) is 18.0. The van der Waals surface area contributed by atoms with Crippen LogP contribution in [0.1, 0.15) is 31.2 Å². The number of benzene rings is 1. The normalized spacial score (nSPS) is 17.9. The lowest BCUT2D eigenvalue weighted by atomic mass is 10.1. The number of halogens is 2. The van der Waals surface area contributed by atoms with Gasteiger partial charge in [-0.3, -0.25) is 0 Å². The highest BCUT2D eigenvalue weighted by atomic mass is 19.1. The molecule has 1 fully saturated rings. The largest absolute Gasteiger partial charge is 0.487 e. The van der Waals surface area contributed by atoms with Gasteiger partial charge in [0.05, 0.1) is 18.0 Å². The van der Waals surface area contributed by atoms with E-state index in [1.807, 2.05) is 6.92 Å². The summed E-state index contributed by atoms with van der Waals surface area (Å²) in [5, 5.41) is 6.78. The van der Waals surface area contributed by atoms with Gasteiger partial charge in [0.2, 0.25) is 0 Å². The lowest BCUT2D eigenvalue weighted by molar-refractivity contribution is 0.163. The fourth-order valence-electron chi connectivity index (χ4n) is 4.03. The van der Waals surface area contributed by atoms with Gasteiger partial charge in [-0.25, -0.2) is 18.7 Å². The summed E-state index contributed by atoms with van der Waals surface area (Å²) in [5.41, 5.74) is 2.01. The Morgan fingerprint density at radius 1 is 1.23 bits per heavy atom. The molecule has 7 nitrogen and oxygen atoms in total. The SMILES string of the molecule is COC[C@@H](C)Nc1nc2c(nc1N1CCC(Oc3ccc(F)cc3F)CC1)CCNC2. The van der Waals surface area contributed by atoms with Crippen molar-refractivity contribution >= 4 is 11.6 Å². The van der Waals surface area contributed by atoms with Crippen LogP contribution in [0.25, 0.3) is 0 Å². The van der Waals surface area contributed by atoms with E-state index in [0.29, 0.717) is 32.5 Å². The molecule has 3 heterocycles. The second kappa shape index (κ2) is 9.74. The van der Waals surface area contributed by atoms with Crippen LogP contribution >= 0.6 is 0 Å².